The number of benzene rings is 1. The van der Waals surface area contributed by atoms with Gasteiger partial charge in [-0.05, 0) is 31.2 Å². The Balaban J connectivity index is 1.83. The molecule has 0 unspecified atom stereocenters. The number of alkyl halides is 7. The molecular formula is C20H20F8N5O3+. The van der Waals surface area contributed by atoms with Gasteiger partial charge in [-0.25, -0.2) is 9.23 Å². The van der Waals surface area contributed by atoms with Crippen molar-refractivity contribution >= 4 is 17.3 Å². The highest BCUT2D eigenvalue weighted by atomic mass is 19.4. The molecule has 1 aliphatic heterocycles. The number of carbonyl (C=O) groups is 1. The number of hydrogen-bond acceptors (Lipinski definition) is 5. The van der Waals surface area contributed by atoms with E-state index in [0.717, 1.165) is 6.92 Å². The lowest BCUT2D eigenvalue weighted by atomic mass is 10.1. The monoisotopic (exact) mass is 530 g/mol. The Kier molecular flexibility index (Phi) is 7.19. The number of aromatic nitrogens is 2. The Hall–Kier alpha value is -3.46. The number of rotatable bonds is 7. The van der Waals surface area contributed by atoms with Crippen LogP contribution < -0.4 is 4.90 Å². The summed E-state index contributed by atoms with van der Waals surface area (Å²) in [6.07, 6.45) is -6.66. The quantitative estimate of drug-likeness (QED) is 0.401. The molecule has 2 heterocycles. The van der Waals surface area contributed by atoms with E-state index in [9.17, 15) is 44.8 Å². The van der Waals surface area contributed by atoms with Gasteiger partial charge in [-0.2, -0.15) is 35.8 Å². The predicted molar refractivity (Wildman–Crippen MR) is 107 cm³/mol. The third kappa shape index (κ3) is 4.80. The van der Waals surface area contributed by atoms with E-state index in [1.807, 2.05) is 4.90 Å². The molecule has 1 aromatic carbocycles. The third-order valence-electron chi connectivity index (χ3n) is 5.68. The van der Waals surface area contributed by atoms with Crippen LogP contribution in [0.2, 0.25) is 0 Å². The van der Waals surface area contributed by atoms with Crippen LogP contribution in [0.25, 0.3) is 0 Å². The first-order chi connectivity index (χ1) is 16.6. The van der Waals surface area contributed by atoms with E-state index in [1.165, 1.54) is 17.0 Å². The Morgan fingerprint density at radius 3 is 2.08 bits per heavy atom. The zero-order valence-corrected chi connectivity index (χ0v) is 18.8. The minimum Gasteiger partial charge on any atom is -0.368 e. The molecule has 1 fully saturated rings. The van der Waals surface area contributed by atoms with Crippen LogP contribution in [0.5, 0.6) is 0 Å². The molecule has 2 aromatic rings. The highest BCUT2D eigenvalue weighted by Gasteiger charge is 2.76. The Labute approximate surface area is 198 Å². The van der Waals surface area contributed by atoms with Gasteiger partial charge in [0.05, 0.1) is 4.91 Å². The van der Waals surface area contributed by atoms with Gasteiger partial charge in [0, 0.05) is 31.9 Å². The van der Waals surface area contributed by atoms with E-state index < -0.39 is 58.3 Å². The molecule has 0 radical (unpaired) electrons. The standard InChI is InChI=1S/C20H20F8N5O3/c1-12-16(33(35)36-2)17(18(22,23)19(24,25)20(26,27)28)29-32(12)11-15(34)31-9-7-30(8-10-31)14-5-3-13(21)4-6-14/h3-6H,7-11H2,1-2H3/q+1. The number of halogens is 8. The molecule has 198 valence electrons. The van der Waals surface area contributed by atoms with E-state index in [0.29, 0.717) is 30.6 Å². The van der Waals surface area contributed by atoms with Crippen molar-refractivity contribution in [3.05, 3.63) is 46.4 Å². The summed E-state index contributed by atoms with van der Waals surface area (Å²) < 4.78 is 108. The van der Waals surface area contributed by atoms with Gasteiger partial charge in [0.25, 0.3) is 4.92 Å². The first kappa shape index (κ1) is 27.1. The summed E-state index contributed by atoms with van der Waals surface area (Å²) in [6, 6.07) is 5.62. The highest BCUT2D eigenvalue weighted by Crippen LogP contribution is 2.53. The molecule has 1 saturated heterocycles. The van der Waals surface area contributed by atoms with Crippen molar-refractivity contribution in [3.8, 4) is 0 Å². The Morgan fingerprint density at radius 1 is 1.03 bits per heavy atom. The second kappa shape index (κ2) is 9.54. The minimum atomic E-state index is -6.66. The molecule has 1 aliphatic rings. The summed E-state index contributed by atoms with van der Waals surface area (Å²) in [5.41, 5.74) is -3.45. The summed E-state index contributed by atoms with van der Waals surface area (Å²) in [5.74, 6) is -13.7. The third-order valence-corrected chi connectivity index (χ3v) is 5.68. The van der Waals surface area contributed by atoms with Gasteiger partial charge in [0.15, 0.2) is 7.11 Å². The zero-order chi connectivity index (χ0) is 27.1. The van der Waals surface area contributed by atoms with Crippen LogP contribution >= 0.6 is 0 Å². The van der Waals surface area contributed by atoms with Crippen molar-refractivity contribution in [2.45, 2.75) is 31.5 Å². The lowest BCUT2D eigenvalue weighted by Crippen LogP contribution is -2.50. The van der Waals surface area contributed by atoms with Gasteiger partial charge in [-0.15, -0.1) is 0 Å². The molecule has 3 rings (SSSR count). The van der Waals surface area contributed by atoms with Crippen LogP contribution in [0, 0.1) is 17.6 Å². The molecule has 0 bridgehead atoms. The highest BCUT2D eigenvalue weighted by molar-refractivity contribution is 5.76. The van der Waals surface area contributed by atoms with Crippen molar-refractivity contribution in [2.24, 2.45) is 0 Å². The van der Waals surface area contributed by atoms with Crippen LogP contribution in [-0.4, -0.2) is 70.9 Å². The van der Waals surface area contributed by atoms with Gasteiger partial charge in [0.1, 0.15) is 18.1 Å². The average Bonchev–Trinajstić information content (AvgIpc) is 3.14. The lowest BCUT2D eigenvalue weighted by Gasteiger charge is -2.36. The minimum absolute atomic E-state index is 0.143. The first-order valence-corrected chi connectivity index (χ1v) is 10.3. The fourth-order valence-electron chi connectivity index (χ4n) is 3.63. The summed E-state index contributed by atoms with van der Waals surface area (Å²) in [6.45, 7) is 1.05. The second-order valence-electron chi connectivity index (χ2n) is 7.87. The molecule has 1 aromatic heterocycles. The van der Waals surface area contributed by atoms with Gasteiger partial charge in [-0.1, -0.05) is 0 Å². The molecule has 36 heavy (non-hydrogen) atoms. The van der Waals surface area contributed by atoms with Crippen molar-refractivity contribution in [3.63, 3.8) is 0 Å². The molecular weight excluding hydrogens is 510 g/mol. The first-order valence-electron chi connectivity index (χ1n) is 10.3. The fraction of sp³-hybridized carbons (Fsp3) is 0.500. The normalized spacial score (nSPS) is 15.3. The Bertz CT molecular complexity index is 1130. The Morgan fingerprint density at radius 2 is 1.58 bits per heavy atom. The van der Waals surface area contributed by atoms with Crippen LogP contribution in [0.4, 0.5) is 46.5 Å². The maximum absolute atomic E-state index is 14.4. The topological polar surface area (TPSA) is 70.7 Å². The molecule has 0 saturated carbocycles. The average molecular weight is 530 g/mol. The van der Waals surface area contributed by atoms with E-state index in [2.05, 4.69) is 9.94 Å². The maximum atomic E-state index is 14.4. The van der Waals surface area contributed by atoms with Gasteiger partial charge < -0.3 is 9.80 Å². The molecule has 0 N–H and O–H groups in total. The van der Waals surface area contributed by atoms with Gasteiger partial charge >= 0.3 is 23.7 Å². The molecule has 0 aliphatic carbocycles. The van der Waals surface area contributed by atoms with E-state index >= 15 is 0 Å². The SMILES string of the molecule is CO[N+](=O)c1c(C(F)(F)C(F)(F)C(F)(F)F)nn(CC(=O)N2CCN(c3ccc(F)cc3)CC2)c1C. The maximum Gasteiger partial charge on any atom is 0.460 e. The smallest absolute Gasteiger partial charge is 0.368 e. The molecule has 16 heteroatoms. The second-order valence-corrected chi connectivity index (χ2v) is 7.87. The van der Waals surface area contributed by atoms with Crippen molar-refractivity contribution in [1.29, 1.82) is 0 Å². The van der Waals surface area contributed by atoms with Crippen LogP contribution in [0.3, 0.4) is 0 Å². The van der Waals surface area contributed by atoms with Crippen LogP contribution in [0.15, 0.2) is 24.3 Å². The number of piperazine rings is 1. The number of amides is 1. The van der Waals surface area contributed by atoms with Crippen molar-refractivity contribution in [2.75, 3.05) is 38.2 Å². The summed E-state index contributed by atoms with van der Waals surface area (Å²) in [5, 5.41) is 3.11. The predicted octanol–water partition coefficient (Wildman–Crippen LogP) is 3.94. The van der Waals surface area contributed by atoms with E-state index in [1.54, 1.807) is 12.1 Å². The largest absolute Gasteiger partial charge is 0.460 e. The fourth-order valence-corrected chi connectivity index (χ4v) is 3.63. The summed E-state index contributed by atoms with van der Waals surface area (Å²) >= 11 is 0. The molecule has 0 atom stereocenters. The van der Waals surface area contributed by atoms with Crippen LogP contribution in [0.1, 0.15) is 11.4 Å². The lowest BCUT2D eigenvalue weighted by molar-refractivity contribution is -0.737. The summed E-state index contributed by atoms with van der Waals surface area (Å²) in [4.78, 5) is 31.3. The number of nitrogens with zero attached hydrogens (tertiary/aromatic N) is 5. The molecule has 8 nitrogen and oxygen atoms in total. The molecule has 0 spiro atoms. The summed E-state index contributed by atoms with van der Waals surface area (Å²) in [7, 11) is 0.680. The molecule has 1 amide bonds. The van der Waals surface area contributed by atoms with Gasteiger partial charge in [0.2, 0.25) is 11.6 Å². The number of anilines is 1. The zero-order valence-electron chi connectivity index (χ0n) is 18.8. The van der Waals surface area contributed by atoms with Crippen molar-refractivity contribution < 1.29 is 49.7 Å². The number of hydrogen-bond donors (Lipinski definition) is 0. The van der Waals surface area contributed by atoms with Crippen LogP contribution in [-0.2, 0) is 22.1 Å². The van der Waals surface area contributed by atoms with E-state index in [-0.39, 0.29) is 13.1 Å². The van der Waals surface area contributed by atoms with Crippen molar-refractivity contribution in [1.82, 2.24) is 14.7 Å². The van der Waals surface area contributed by atoms with Gasteiger partial charge in [-0.3, -0.25) is 9.48 Å². The van der Waals surface area contributed by atoms with E-state index in [4.69, 9.17) is 0 Å². The number of carbonyl (C=O) groups excluding carboxylic acids is 1.